The van der Waals surface area contributed by atoms with Crippen molar-refractivity contribution in [3.8, 4) is 0 Å². The lowest BCUT2D eigenvalue weighted by atomic mass is 10.1. The molecule has 1 fully saturated rings. The maximum absolute atomic E-state index is 5.43. The lowest BCUT2D eigenvalue weighted by Crippen LogP contribution is -2.47. The standard InChI is InChI=1S/C16H34N4O.HI/c1-8-17-15(18-11-16(5,6)21-7)19-14-10-20(12(2)3)9-13(14)4;/h12-14H,8-11H2,1-7H3,(H2,17,18,19);1H. The fourth-order valence-electron chi connectivity index (χ4n) is 2.44. The van der Waals surface area contributed by atoms with E-state index in [4.69, 9.17) is 4.74 Å². The van der Waals surface area contributed by atoms with Gasteiger partial charge in [-0.15, -0.1) is 24.0 Å². The first-order chi connectivity index (χ1) is 9.79. The Labute approximate surface area is 153 Å². The van der Waals surface area contributed by atoms with Crippen LogP contribution in [0, 0.1) is 5.92 Å². The normalized spacial score (nSPS) is 23.5. The Hall–Kier alpha value is -0.0800. The van der Waals surface area contributed by atoms with Gasteiger partial charge in [-0.2, -0.15) is 0 Å². The molecule has 2 unspecified atom stereocenters. The Morgan fingerprint density at radius 1 is 1.36 bits per heavy atom. The van der Waals surface area contributed by atoms with Gasteiger partial charge in [-0.05, 0) is 40.5 Å². The Morgan fingerprint density at radius 3 is 2.45 bits per heavy atom. The molecule has 0 aromatic rings. The van der Waals surface area contributed by atoms with Crippen LogP contribution in [0.2, 0.25) is 0 Å². The van der Waals surface area contributed by atoms with Gasteiger partial charge in [0.05, 0.1) is 12.1 Å². The van der Waals surface area contributed by atoms with Gasteiger partial charge >= 0.3 is 0 Å². The molecule has 0 aromatic heterocycles. The van der Waals surface area contributed by atoms with Crippen molar-refractivity contribution >= 4 is 29.9 Å². The minimum absolute atomic E-state index is 0. The maximum atomic E-state index is 5.43. The average Bonchev–Trinajstić information content (AvgIpc) is 2.78. The molecule has 0 amide bonds. The molecule has 1 aliphatic heterocycles. The van der Waals surface area contributed by atoms with Gasteiger partial charge in [0, 0.05) is 38.8 Å². The topological polar surface area (TPSA) is 48.9 Å². The van der Waals surface area contributed by atoms with E-state index in [9.17, 15) is 0 Å². The van der Waals surface area contributed by atoms with Gasteiger partial charge in [0.2, 0.25) is 0 Å². The fourth-order valence-corrected chi connectivity index (χ4v) is 2.44. The largest absolute Gasteiger partial charge is 0.377 e. The van der Waals surface area contributed by atoms with Crippen LogP contribution in [-0.2, 0) is 4.74 Å². The maximum Gasteiger partial charge on any atom is 0.191 e. The van der Waals surface area contributed by atoms with Gasteiger partial charge in [-0.25, -0.2) is 0 Å². The van der Waals surface area contributed by atoms with Crippen molar-refractivity contribution in [2.24, 2.45) is 10.9 Å². The number of methoxy groups -OCH3 is 1. The van der Waals surface area contributed by atoms with E-state index in [0.717, 1.165) is 25.6 Å². The summed E-state index contributed by atoms with van der Waals surface area (Å²) < 4.78 is 5.43. The van der Waals surface area contributed by atoms with Gasteiger partial charge in [-0.3, -0.25) is 9.89 Å². The number of aliphatic imine (C=N–C) groups is 1. The van der Waals surface area contributed by atoms with Crippen LogP contribution in [-0.4, -0.2) is 61.8 Å². The molecule has 1 saturated heterocycles. The second-order valence-corrected chi connectivity index (χ2v) is 6.93. The number of rotatable bonds is 6. The van der Waals surface area contributed by atoms with Crippen LogP contribution in [0.3, 0.4) is 0 Å². The van der Waals surface area contributed by atoms with E-state index in [1.807, 2.05) is 0 Å². The minimum Gasteiger partial charge on any atom is -0.377 e. The third-order valence-electron chi connectivity index (χ3n) is 4.21. The van der Waals surface area contributed by atoms with Crippen molar-refractivity contribution in [3.63, 3.8) is 0 Å². The molecule has 132 valence electrons. The highest BCUT2D eigenvalue weighted by atomic mass is 127. The van der Waals surface area contributed by atoms with E-state index < -0.39 is 0 Å². The van der Waals surface area contributed by atoms with E-state index in [1.54, 1.807) is 7.11 Å². The Balaban J connectivity index is 0.00000441. The Kier molecular flexibility index (Phi) is 9.89. The first-order valence-electron chi connectivity index (χ1n) is 8.13. The number of halogens is 1. The highest BCUT2D eigenvalue weighted by Crippen LogP contribution is 2.18. The molecule has 0 aromatic carbocycles. The van der Waals surface area contributed by atoms with Crippen LogP contribution >= 0.6 is 24.0 Å². The van der Waals surface area contributed by atoms with Gasteiger partial charge in [0.1, 0.15) is 0 Å². The second kappa shape index (κ2) is 9.93. The summed E-state index contributed by atoms with van der Waals surface area (Å²) in [7, 11) is 1.73. The summed E-state index contributed by atoms with van der Waals surface area (Å²) in [5.74, 6) is 1.52. The summed E-state index contributed by atoms with van der Waals surface area (Å²) in [6.45, 7) is 16.8. The van der Waals surface area contributed by atoms with Crippen LogP contribution in [0.5, 0.6) is 0 Å². The number of nitrogens with zero attached hydrogens (tertiary/aromatic N) is 2. The molecular weight excluding hydrogens is 391 g/mol. The van der Waals surface area contributed by atoms with Gasteiger partial charge < -0.3 is 15.4 Å². The van der Waals surface area contributed by atoms with Crippen molar-refractivity contribution in [2.45, 2.75) is 59.2 Å². The van der Waals surface area contributed by atoms with E-state index >= 15 is 0 Å². The molecule has 1 heterocycles. The molecule has 1 rings (SSSR count). The van der Waals surface area contributed by atoms with Crippen molar-refractivity contribution in [1.82, 2.24) is 15.5 Å². The number of nitrogens with one attached hydrogen (secondary N) is 2. The SMILES string of the molecule is CCNC(=NCC(C)(C)OC)NC1CN(C(C)C)CC1C.I. The zero-order valence-electron chi connectivity index (χ0n) is 15.3. The molecule has 0 bridgehead atoms. The predicted octanol–water partition coefficient (Wildman–Crippen LogP) is 2.31. The summed E-state index contributed by atoms with van der Waals surface area (Å²) in [6.07, 6.45) is 0. The van der Waals surface area contributed by atoms with E-state index in [-0.39, 0.29) is 29.6 Å². The molecule has 2 N–H and O–H groups in total. The lowest BCUT2D eigenvalue weighted by molar-refractivity contribution is 0.0310. The Morgan fingerprint density at radius 2 is 2.00 bits per heavy atom. The van der Waals surface area contributed by atoms with E-state index in [0.29, 0.717) is 24.5 Å². The van der Waals surface area contributed by atoms with Crippen molar-refractivity contribution in [3.05, 3.63) is 0 Å². The number of hydrogen-bond donors (Lipinski definition) is 2. The summed E-state index contributed by atoms with van der Waals surface area (Å²) in [5.41, 5.74) is -0.229. The smallest absolute Gasteiger partial charge is 0.191 e. The van der Waals surface area contributed by atoms with Crippen LogP contribution in [0.1, 0.15) is 41.5 Å². The molecular formula is C16H35IN4O. The number of guanidine groups is 1. The highest BCUT2D eigenvalue weighted by Gasteiger charge is 2.31. The predicted molar refractivity (Wildman–Crippen MR) is 105 cm³/mol. The molecule has 22 heavy (non-hydrogen) atoms. The number of likely N-dealkylation sites (tertiary alicyclic amines) is 1. The first kappa shape index (κ1) is 21.9. The third kappa shape index (κ3) is 7.00. The average molecular weight is 426 g/mol. The second-order valence-electron chi connectivity index (χ2n) is 6.93. The molecule has 0 spiro atoms. The highest BCUT2D eigenvalue weighted by molar-refractivity contribution is 14.0. The zero-order chi connectivity index (χ0) is 16.0. The monoisotopic (exact) mass is 426 g/mol. The zero-order valence-corrected chi connectivity index (χ0v) is 17.6. The van der Waals surface area contributed by atoms with Crippen molar-refractivity contribution in [2.75, 3.05) is 33.3 Å². The summed E-state index contributed by atoms with van der Waals surface area (Å²) in [4.78, 5) is 7.19. The third-order valence-corrected chi connectivity index (χ3v) is 4.21. The van der Waals surface area contributed by atoms with E-state index in [2.05, 4.69) is 62.1 Å². The molecule has 5 nitrogen and oxygen atoms in total. The number of hydrogen-bond acceptors (Lipinski definition) is 3. The number of ether oxygens (including phenoxy) is 1. The van der Waals surface area contributed by atoms with Crippen LogP contribution < -0.4 is 10.6 Å². The molecule has 6 heteroatoms. The van der Waals surface area contributed by atoms with Crippen molar-refractivity contribution < 1.29 is 4.74 Å². The van der Waals surface area contributed by atoms with Crippen LogP contribution in [0.15, 0.2) is 4.99 Å². The van der Waals surface area contributed by atoms with Crippen molar-refractivity contribution in [1.29, 1.82) is 0 Å². The molecule has 0 radical (unpaired) electrons. The van der Waals surface area contributed by atoms with Gasteiger partial charge in [0.15, 0.2) is 5.96 Å². The summed E-state index contributed by atoms with van der Waals surface area (Å²) in [5, 5.41) is 6.93. The molecule has 2 atom stereocenters. The molecule has 0 saturated carbocycles. The lowest BCUT2D eigenvalue weighted by Gasteiger charge is -2.24. The first-order valence-corrected chi connectivity index (χ1v) is 8.13. The van der Waals surface area contributed by atoms with Crippen LogP contribution in [0.4, 0.5) is 0 Å². The van der Waals surface area contributed by atoms with E-state index in [1.165, 1.54) is 0 Å². The molecule has 1 aliphatic rings. The summed E-state index contributed by atoms with van der Waals surface area (Å²) >= 11 is 0. The van der Waals surface area contributed by atoms with Gasteiger partial charge in [-0.1, -0.05) is 6.92 Å². The molecule has 0 aliphatic carbocycles. The Bertz CT molecular complexity index is 347. The fraction of sp³-hybridized carbons (Fsp3) is 0.938. The quantitative estimate of drug-likeness (QED) is 0.389. The van der Waals surface area contributed by atoms with Gasteiger partial charge in [0.25, 0.3) is 0 Å². The summed E-state index contributed by atoms with van der Waals surface area (Å²) in [6, 6.07) is 1.06. The van der Waals surface area contributed by atoms with Crippen LogP contribution in [0.25, 0.3) is 0 Å². The minimum atomic E-state index is -0.229.